The monoisotopic (exact) mass is 256 g/mol. The van der Waals surface area contributed by atoms with Gasteiger partial charge in [-0.25, -0.2) is 4.39 Å². The average Bonchev–Trinajstić information content (AvgIpc) is 2.34. The molecule has 1 heterocycles. The Morgan fingerprint density at radius 3 is 2.94 bits per heavy atom. The van der Waals surface area contributed by atoms with Gasteiger partial charge in [-0.1, -0.05) is 18.0 Å². The van der Waals surface area contributed by atoms with Crippen molar-refractivity contribution in [2.45, 2.75) is 25.3 Å². The van der Waals surface area contributed by atoms with Crippen molar-refractivity contribution in [2.75, 3.05) is 11.9 Å². The average molecular weight is 257 g/mol. The van der Waals surface area contributed by atoms with E-state index >= 15 is 0 Å². The first-order valence-electron chi connectivity index (χ1n) is 5.66. The summed E-state index contributed by atoms with van der Waals surface area (Å²) in [6.07, 6.45) is 2.97. The van der Waals surface area contributed by atoms with E-state index in [1.165, 1.54) is 18.2 Å². The van der Waals surface area contributed by atoms with Gasteiger partial charge in [-0.15, -0.1) is 0 Å². The zero-order valence-corrected chi connectivity index (χ0v) is 10.1. The maximum Gasteiger partial charge on any atom is 0.241 e. The van der Waals surface area contributed by atoms with Crippen molar-refractivity contribution in [3.8, 4) is 0 Å². The van der Waals surface area contributed by atoms with Crippen molar-refractivity contribution < 1.29 is 9.18 Å². The number of rotatable bonds is 2. The number of hydrogen-bond acceptors (Lipinski definition) is 2. The Kier molecular flexibility index (Phi) is 3.97. The minimum atomic E-state index is -0.413. The van der Waals surface area contributed by atoms with Gasteiger partial charge in [-0.3, -0.25) is 4.79 Å². The summed E-state index contributed by atoms with van der Waals surface area (Å²) in [7, 11) is 0. The van der Waals surface area contributed by atoms with Gasteiger partial charge >= 0.3 is 0 Å². The van der Waals surface area contributed by atoms with Gasteiger partial charge in [-0.2, -0.15) is 0 Å². The molecule has 0 aromatic heterocycles. The zero-order chi connectivity index (χ0) is 12.3. The number of hydrogen-bond donors (Lipinski definition) is 2. The van der Waals surface area contributed by atoms with Gasteiger partial charge in [-0.05, 0) is 37.6 Å². The molecule has 92 valence electrons. The molecule has 1 aromatic rings. The van der Waals surface area contributed by atoms with E-state index in [1.807, 2.05) is 0 Å². The van der Waals surface area contributed by atoms with Crippen LogP contribution in [0, 0.1) is 5.82 Å². The number of carbonyl (C=O) groups excluding carboxylic acids is 1. The van der Waals surface area contributed by atoms with Crippen LogP contribution in [0.25, 0.3) is 0 Å². The van der Waals surface area contributed by atoms with Gasteiger partial charge in [0, 0.05) is 0 Å². The van der Waals surface area contributed by atoms with Crippen LogP contribution < -0.4 is 10.6 Å². The highest BCUT2D eigenvalue weighted by molar-refractivity contribution is 6.33. The topological polar surface area (TPSA) is 41.1 Å². The molecule has 1 aliphatic heterocycles. The highest BCUT2D eigenvalue weighted by Crippen LogP contribution is 2.23. The summed E-state index contributed by atoms with van der Waals surface area (Å²) in [5.41, 5.74) is 0.449. The van der Waals surface area contributed by atoms with Crippen LogP contribution in [0.2, 0.25) is 5.02 Å². The first-order chi connectivity index (χ1) is 8.16. The molecule has 0 aliphatic carbocycles. The van der Waals surface area contributed by atoms with Gasteiger partial charge in [0.2, 0.25) is 5.91 Å². The molecule has 0 spiro atoms. The summed E-state index contributed by atoms with van der Waals surface area (Å²) in [6, 6.07) is 3.75. The third kappa shape index (κ3) is 3.17. The molecular weight excluding hydrogens is 243 g/mol. The molecule has 3 nitrogen and oxygen atoms in total. The van der Waals surface area contributed by atoms with E-state index in [0.29, 0.717) is 5.69 Å². The summed E-state index contributed by atoms with van der Waals surface area (Å²) in [6.45, 7) is 0.856. The van der Waals surface area contributed by atoms with Gasteiger partial charge < -0.3 is 10.6 Å². The molecule has 17 heavy (non-hydrogen) atoms. The lowest BCUT2D eigenvalue weighted by Gasteiger charge is -2.22. The van der Waals surface area contributed by atoms with Gasteiger partial charge in [0.1, 0.15) is 5.82 Å². The Hall–Kier alpha value is -1.13. The van der Waals surface area contributed by atoms with Gasteiger partial charge in [0.15, 0.2) is 0 Å². The van der Waals surface area contributed by atoms with Crippen LogP contribution in [0.15, 0.2) is 18.2 Å². The number of nitrogens with one attached hydrogen (secondary N) is 2. The summed E-state index contributed by atoms with van der Waals surface area (Å²) in [5, 5.41) is 6.06. The second-order valence-corrected chi connectivity index (χ2v) is 4.52. The maximum atomic E-state index is 12.8. The second kappa shape index (κ2) is 5.47. The van der Waals surface area contributed by atoms with Crippen LogP contribution in [0.5, 0.6) is 0 Å². The fraction of sp³-hybridized carbons (Fsp3) is 0.417. The normalized spacial score (nSPS) is 20.0. The first-order valence-corrected chi connectivity index (χ1v) is 6.04. The Morgan fingerprint density at radius 2 is 2.29 bits per heavy atom. The lowest BCUT2D eigenvalue weighted by atomic mass is 10.0. The Morgan fingerprint density at radius 1 is 1.47 bits per heavy atom. The van der Waals surface area contributed by atoms with E-state index in [1.54, 1.807) is 0 Å². The minimum absolute atomic E-state index is 0.113. The molecule has 2 rings (SSSR count). The Bertz CT molecular complexity index is 419. The van der Waals surface area contributed by atoms with Crippen molar-refractivity contribution in [2.24, 2.45) is 0 Å². The highest BCUT2D eigenvalue weighted by atomic mass is 35.5. The Labute approximate surface area is 104 Å². The molecule has 1 amide bonds. The quantitative estimate of drug-likeness (QED) is 0.854. The van der Waals surface area contributed by atoms with Crippen molar-refractivity contribution >= 4 is 23.2 Å². The summed E-state index contributed by atoms with van der Waals surface area (Å²) in [4.78, 5) is 11.9. The fourth-order valence-corrected chi connectivity index (χ4v) is 2.10. The predicted octanol–water partition coefficient (Wildman–Crippen LogP) is 2.56. The Balaban J connectivity index is 2.02. The molecule has 1 fully saturated rings. The van der Waals surface area contributed by atoms with E-state index < -0.39 is 5.82 Å². The molecule has 5 heteroatoms. The van der Waals surface area contributed by atoms with Gasteiger partial charge in [0.25, 0.3) is 0 Å². The standard InChI is InChI=1S/C12H14ClFN2O/c13-9-7-8(14)4-5-10(9)16-12(17)11-3-1-2-6-15-11/h4-5,7,11,15H,1-3,6H2,(H,16,17)/t11-/m0/s1. The molecule has 0 saturated carbocycles. The molecule has 1 atom stereocenters. The molecular formula is C12H14ClFN2O. The molecule has 0 unspecified atom stereocenters. The molecule has 1 aliphatic rings. The number of halogens is 2. The van der Waals surface area contributed by atoms with Crippen molar-refractivity contribution in [3.63, 3.8) is 0 Å². The molecule has 1 saturated heterocycles. The van der Waals surface area contributed by atoms with Crippen LogP contribution in [0.1, 0.15) is 19.3 Å². The third-order valence-electron chi connectivity index (χ3n) is 2.82. The first kappa shape index (κ1) is 12.3. The molecule has 1 aromatic carbocycles. The lowest BCUT2D eigenvalue weighted by Crippen LogP contribution is -2.43. The SMILES string of the molecule is O=C(Nc1ccc(F)cc1Cl)[C@@H]1CCCCN1. The van der Waals surface area contributed by atoms with Crippen LogP contribution in [0.3, 0.4) is 0 Å². The smallest absolute Gasteiger partial charge is 0.241 e. The van der Waals surface area contributed by atoms with Crippen molar-refractivity contribution in [1.82, 2.24) is 5.32 Å². The number of piperidine rings is 1. The fourth-order valence-electron chi connectivity index (χ4n) is 1.89. The van der Waals surface area contributed by atoms with Crippen LogP contribution in [-0.2, 0) is 4.79 Å². The third-order valence-corrected chi connectivity index (χ3v) is 3.13. The van der Waals surface area contributed by atoms with E-state index in [2.05, 4.69) is 10.6 Å². The summed E-state index contributed by atoms with van der Waals surface area (Å²) < 4.78 is 12.8. The lowest BCUT2D eigenvalue weighted by molar-refractivity contribution is -0.118. The number of carbonyl (C=O) groups is 1. The predicted molar refractivity (Wildman–Crippen MR) is 65.7 cm³/mol. The zero-order valence-electron chi connectivity index (χ0n) is 9.30. The van der Waals surface area contributed by atoms with Crippen LogP contribution in [0.4, 0.5) is 10.1 Å². The van der Waals surface area contributed by atoms with Gasteiger partial charge in [0.05, 0.1) is 16.8 Å². The number of benzene rings is 1. The highest BCUT2D eigenvalue weighted by Gasteiger charge is 2.20. The summed E-state index contributed by atoms with van der Waals surface area (Å²) in [5.74, 6) is -0.526. The second-order valence-electron chi connectivity index (χ2n) is 4.12. The molecule has 0 bridgehead atoms. The van der Waals surface area contributed by atoms with E-state index in [-0.39, 0.29) is 17.0 Å². The van der Waals surface area contributed by atoms with E-state index in [0.717, 1.165) is 25.8 Å². The minimum Gasteiger partial charge on any atom is -0.323 e. The van der Waals surface area contributed by atoms with Crippen molar-refractivity contribution in [1.29, 1.82) is 0 Å². The summed E-state index contributed by atoms with van der Waals surface area (Å²) >= 11 is 5.84. The van der Waals surface area contributed by atoms with E-state index in [4.69, 9.17) is 11.6 Å². The largest absolute Gasteiger partial charge is 0.323 e. The molecule has 0 radical (unpaired) electrons. The van der Waals surface area contributed by atoms with E-state index in [9.17, 15) is 9.18 Å². The number of amides is 1. The molecule has 2 N–H and O–H groups in total. The van der Waals surface area contributed by atoms with Crippen LogP contribution >= 0.6 is 11.6 Å². The maximum absolute atomic E-state index is 12.8. The van der Waals surface area contributed by atoms with Crippen LogP contribution in [-0.4, -0.2) is 18.5 Å². The number of anilines is 1. The van der Waals surface area contributed by atoms with Crippen molar-refractivity contribution in [3.05, 3.63) is 29.0 Å².